The third-order valence-corrected chi connectivity index (χ3v) is 7.03. The van der Waals surface area contributed by atoms with Crippen molar-refractivity contribution in [2.45, 2.75) is 31.9 Å². The zero-order valence-electron chi connectivity index (χ0n) is 16.9. The van der Waals surface area contributed by atoms with E-state index in [4.69, 9.17) is 33.7 Å². The fourth-order valence-corrected chi connectivity index (χ4v) is 5.13. The molecular formula is C22H22Cl2FN5O. The van der Waals surface area contributed by atoms with Gasteiger partial charge in [0, 0.05) is 47.2 Å². The summed E-state index contributed by atoms with van der Waals surface area (Å²) >= 11 is 12.3. The molecule has 0 radical (unpaired) electrons. The van der Waals surface area contributed by atoms with Crippen LogP contribution < -0.4 is 15.8 Å². The Morgan fingerprint density at radius 1 is 1.26 bits per heavy atom. The van der Waals surface area contributed by atoms with Crippen molar-refractivity contribution in [3.63, 3.8) is 0 Å². The molecule has 9 heteroatoms. The van der Waals surface area contributed by atoms with Crippen LogP contribution in [-0.4, -0.2) is 27.9 Å². The summed E-state index contributed by atoms with van der Waals surface area (Å²) < 4.78 is 21.9. The molecule has 1 atom stereocenters. The average Bonchev–Trinajstić information content (AvgIpc) is 3.14. The summed E-state index contributed by atoms with van der Waals surface area (Å²) in [6.45, 7) is 3.95. The topological polar surface area (TPSA) is 78.0 Å². The van der Waals surface area contributed by atoms with E-state index in [0.29, 0.717) is 27.8 Å². The fourth-order valence-electron chi connectivity index (χ4n) is 4.45. The molecule has 1 saturated carbocycles. The third-order valence-electron chi connectivity index (χ3n) is 6.32. The first-order chi connectivity index (χ1) is 14.8. The molecule has 1 saturated heterocycles. The van der Waals surface area contributed by atoms with Gasteiger partial charge in [0.25, 0.3) is 0 Å². The zero-order valence-corrected chi connectivity index (χ0v) is 18.4. The first kappa shape index (κ1) is 20.5. The molecule has 1 aliphatic heterocycles. The summed E-state index contributed by atoms with van der Waals surface area (Å²) in [6.07, 6.45) is 7.23. The summed E-state index contributed by atoms with van der Waals surface area (Å²) in [4.78, 5) is 4.27. The number of nitrogens with two attached hydrogens (primary N) is 1. The Bertz CT molecular complexity index is 1140. The molecule has 162 valence electrons. The summed E-state index contributed by atoms with van der Waals surface area (Å²) in [7, 11) is 0. The lowest BCUT2D eigenvalue weighted by Gasteiger charge is -2.54. The first-order valence-corrected chi connectivity index (χ1v) is 10.9. The molecule has 2 aromatic heterocycles. The Labute approximate surface area is 189 Å². The number of nitrogens with one attached hydrogen (secondary N) is 1. The monoisotopic (exact) mass is 461 g/mol. The first-order valence-electron chi connectivity index (χ1n) is 10.2. The molecular weight excluding hydrogens is 440 g/mol. The number of rotatable bonds is 5. The predicted molar refractivity (Wildman–Crippen MR) is 119 cm³/mol. The van der Waals surface area contributed by atoms with Gasteiger partial charge in [0.05, 0.1) is 17.3 Å². The van der Waals surface area contributed by atoms with Gasteiger partial charge in [0.2, 0.25) is 0 Å². The maximum atomic E-state index is 13.9. The molecule has 0 amide bonds. The van der Waals surface area contributed by atoms with Crippen molar-refractivity contribution in [2.75, 3.05) is 18.8 Å². The van der Waals surface area contributed by atoms with Crippen molar-refractivity contribution in [3.8, 4) is 16.9 Å². The van der Waals surface area contributed by atoms with E-state index in [0.717, 1.165) is 37.1 Å². The highest BCUT2D eigenvalue weighted by atomic mass is 35.5. The van der Waals surface area contributed by atoms with E-state index < -0.39 is 11.9 Å². The molecule has 1 aromatic carbocycles. The van der Waals surface area contributed by atoms with Crippen LogP contribution >= 0.6 is 23.2 Å². The van der Waals surface area contributed by atoms with Gasteiger partial charge in [0.15, 0.2) is 11.6 Å². The average molecular weight is 462 g/mol. The van der Waals surface area contributed by atoms with Crippen LogP contribution in [0.15, 0.2) is 36.8 Å². The second-order valence-electron chi connectivity index (χ2n) is 8.50. The quantitative estimate of drug-likeness (QED) is 0.520. The Morgan fingerprint density at radius 3 is 2.74 bits per heavy atom. The van der Waals surface area contributed by atoms with Crippen LogP contribution in [0.3, 0.4) is 0 Å². The minimum atomic E-state index is -0.625. The van der Waals surface area contributed by atoms with Crippen LogP contribution in [0, 0.1) is 11.2 Å². The molecule has 6 nitrogen and oxygen atoms in total. The highest BCUT2D eigenvalue weighted by molar-refractivity contribution is 6.36. The molecule has 5 rings (SSSR count). The number of pyridine rings is 1. The van der Waals surface area contributed by atoms with E-state index in [-0.39, 0.29) is 10.8 Å². The Hall–Kier alpha value is -2.35. The maximum absolute atomic E-state index is 13.9. The van der Waals surface area contributed by atoms with Crippen molar-refractivity contribution >= 4 is 29.0 Å². The standard InChI is InChI=1S/C22H22Cl2FN5O/c1-12(19-16(23)2-3-17(25)20(19)24)31-18-4-13(7-28-21(18)26)14-8-29-30(9-14)15-5-22(6-15)10-27-11-22/h2-4,7-9,12,15,27H,5-6,10-11H2,1H3,(H2,26,28). The third kappa shape index (κ3) is 3.64. The number of hydrogen-bond donors (Lipinski definition) is 2. The second-order valence-corrected chi connectivity index (χ2v) is 9.28. The summed E-state index contributed by atoms with van der Waals surface area (Å²) in [5.41, 5.74) is 8.64. The van der Waals surface area contributed by atoms with E-state index in [2.05, 4.69) is 15.4 Å². The van der Waals surface area contributed by atoms with Gasteiger partial charge in [-0.25, -0.2) is 9.37 Å². The van der Waals surface area contributed by atoms with Gasteiger partial charge in [-0.05, 0) is 43.4 Å². The lowest BCUT2D eigenvalue weighted by molar-refractivity contribution is 0.00238. The number of nitrogens with zero attached hydrogens (tertiary/aromatic N) is 3. The van der Waals surface area contributed by atoms with Gasteiger partial charge in [-0.1, -0.05) is 23.2 Å². The van der Waals surface area contributed by atoms with Crippen LogP contribution in [0.5, 0.6) is 5.75 Å². The molecule has 31 heavy (non-hydrogen) atoms. The minimum absolute atomic E-state index is 0.0658. The minimum Gasteiger partial charge on any atom is -0.482 e. The maximum Gasteiger partial charge on any atom is 0.166 e. The van der Waals surface area contributed by atoms with Crippen LogP contribution in [0.1, 0.15) is 37.5 Å². The molecule has 3 heterocycles. The summed E-state index contributed by atoms with van der Waals surface area (Å²) in [5.74, 6) is 0.0431. The molecule has 3 aromatic rings. The molecule has 1 spiro atoms. The second kappa shape index (κ2) is 7.65. The molecule has 1 unspecified atom stereocenters. The number of anilines is 1. The zero-order chi connectivity index (χ0) is 21.8. The van der Waals surface area contributed by atoms with E-state index in [1.165, 1.54) is 12.1 Å². The van der Waals surface area contributed by atoms with Gasteiger partial charge < -0.3 is 15.8 Å². The Kier molecular flexibility index (Phi) is 5.07. The van der Waals surface area contributed by atoms with Crippen molar-refractivity contribution in [1.82, 2.24) is 20.1 Å². The molecule has 3 N–H and O–H groups in total. The van der Waals surface area contributed by atoms with Crippen LogP contribution in [0.4, 0.5) is 10.2 Å². The predicted octanol–water partition coefficient (Wildman–Crippen LogP) is 5.04. The van der Waals surface area contributed by atoms with Gasteiger partial charge in [0.1, 0.15) is 11.9 Å². The van der Waals surface area contributed by atoms with Crippen LogP contribution in [0.25, 0.3) is 11.1 Å². The molecule has 1 aliphatic carbocycles. The molecule has 2 fully saturated rings. The van der Waals surface area contributed by atoms with E-state index in [1.807, 2.05) is 17.1 Å². The number of hydrogen-bond acceptors (Lipinski definition) is 5. The van der Waals surface area contributed by atoms with E-state index in [9.17, 15) is 4.39 Å². The number of nitrogen functional groups attached to an aromatic ring is 1. The van der Waals surface area contributed by atoms with Crippen molar-refractivity contribution in [3.05, 3.63) is 58.2 Å². The van der Waals surface area contributed by atoms with Gasteiger partial charge >= 0.3 is 0 Å². The number of aromatic nitrogens is 3. The number of benzene rings is 1. The molecule has 0 bridgehead atoms. The van der Waals surface area contributed by atoms with Gasteiger partial charge in [-0.3, -0.25) is 4.68 Å². The van der Waals surface area contributed by atoms with Crippen molar-refractivity contribution in [2.24, 2.45) is 5.41 Å². The largest absolute Gasteiger partial charge is 0.482 e. The van der Waals surface area contributed by atoms with Gasteiger partial charge in [-0.2, -0.15) is 5.10 Å². The number of halogens is 3. The van der Waals surface area contributed by atoms with Crippen LogP contribution in [0.2, 0.25) is 10.0 Å². The lowest BCUT2D eigenvalue weighted by Crippen LogP contribution is -2.60. The van der Waals surface area contributed by atoms with Crippen molar-refractivity contribution in [1.29, 1.82) is 0 Å². The summed E-state index contributed by atoms with van der Waals surface area (Å²) in [5, 5.41) is 8.16. The molecule has 2 aliphatic rings. The lowest BCUT2D eigenvalue weighted by atomic mass is 9.62. The Balaban J connectivity index is 1.36. The normalized spacial score (nSPS) is 18.5. The highest BCUT2D eigenvalue weighted by Gasteiger charge is 2.49. The van der Waals surface area contributed by atoms with E-state index in [1.54, 1.807) is 19.2 Å². The van der Waals surface area contributed by atoms with Crippen molar-refractivity contribution < 1.29 is 9.13 Å². The number of ether oxygens (including phenoxy) is 1. The highest BCUT2D eigenvalue weighted by Crippen LogP contribution is 2.50. The van der Waals surface area contributed by atoms with Crippen LogP contribution in [-0.2, 0) is 0 Å². The fraction of sp³-hybridized carbons (Fsp3) is 0.364. The summed E-state index contributed by atoms with van der Waals surface area (Å²) in [6, 6.07) is 4.92. The smallest absolute Gasteiger partial charge is 0.166 e. The Morgan fingerprint density at radius 2 is 2.03 bits per heavy atom. The van der Waals surface area contributed by atoms with Gasteiger partial charge in [-0.15, -0.1) is 0 Å². The van der Waals surface area contributed by atoms with E-state index >= 15 is 0 Å². The SMILES string of the molecule is CC(Oc1cc(-c2cnn(C3CC4(CNC4)C3)c2)cnc1N)c1c(Cl)ccc(F)c1Cl.